The highest BCUT2D eigenvalue weighted by atomic mass is 79.9. The maximum atomic E-state index is 10.9. The molecule has 6 heteroatoms. The van der Waals surface area contributed by atoms with E-state index in [1.807, 2.05) is 0 Å². The van der Waals surface area contributed by atoms with Gasteiger partial charge in [-0.05, 0) is 0 Å². The summed E-state index contributed by atoms with van der Waals surface area (Å²) in [5, 5.41) is -0.485. The molecule has 0 aromatic rings. The summed E-state index contributed by atoms with van der Waals surface area (Å²) < 4.78 is 8.90. The van der Waals surface area contributed by atoms with Gasteiger partial charge in [0.2, 0.25) is 0 Å². The summed E-state index contributed by atoms with van der Waals surface area (Å²) >= 11 is 9.05. The fourth-order valence-electron chi connectivity index (χ4n) is 0.741. The van der Waals surface area contributed by atoms with Crippen molar-refractivity contribution < 1.29 is 19.1 Å². The highest BCUT2D eigenvalue weighted by Crippen LogP contribution is 2.19. The van der Waals surface area contributed by atoms with Crippen molar-refractivity contribution >= 4 is 39.5 Å². The molecule has 0 N–H and O–H groups in total. The smallest absolute Gasteiger partial charge is 0.307 e. The molecule has 0 saturated carbocycles. The zero-order valence-corrected chi connectivity index (χ0v) is 10.3. The molecule has 0 fully saturated rings. The fraction of sp³-hybridized carbons (Fsp3) is 0.750. The molecule has 0 aromatic carbocycles. The van der Waals surface area contributed by atoms with Gasteiger partial charge >= 0.3 is 11.9 Å². The summed E-state index contributed by atoms with van der Waals surface area (Å²) in [6.07, 6.45) is 0.187. The Balaban J connectivity index is 3.92. The van der Waals surface area contributed by atoms with Crippen LogP contribution in [0.1, 0.15) is 12.8 Å². The van der Waals surface area contributed by atoms with Crippen LogP contribution in [-0.4, -0.2) is 36.4 Å². The third kappa shape index (κ3) is 5.44. The summed E-state index contributed by atoms with van der Waals surface area (Å²) in [4.78, 5) is 21.4. The minimum atomic E-state index is -0.485. The van der Waals surface area contributed by atoms with Crippen molar-refractivity contribution in [1.29, 1.82) is 0 Å². The predicted octanol–water partition coefficient (Wildman–Crippen LogP) is 1.48. The van der Waals surface area contributed by atoms with E-state index in [4.69, 9.17) is 11.6 Å². The average molecular weight is 288 g/mol. The molecule has 0 amide bonds. The summed E-state index contributed by atoms with van der Waals surface area (Å²) in [5.74, 6) is -0.776. The number of hydrogen-bond acceptors (Lipinski definition) is 4. The number of carbonyl (C=O) groups is 2. The van der Waals surface area contributed by atoms with E-state index < -0.39 is 11.3 Å². The Morgan fingerprint density at radius 1 is 1.21 bits per heavy atom. The Morgan fingerprint density at radius 3 is 2.07 bits per heavy atom. The number of halogens is 2. The molecule has 2 atom stereocenters. The molecule has 0 aliphatic heterocycles. The first-order valence-corrected chi connectivity index (χ1v) is 5.28. The van der Waals surface area contributed by atoms with Crippen LogP contribution in [-0.2, 0) is 19.1 Å². The van der Waals surface area contributed by atoms with Crippen molar-refractivity contribution in [3.05, 3.63) is 0 Å². The van der Waals surface area contributed by atoms with Crippen molar-refractivity contribution in [2.75, 3.05) is 14.2 Å². The van der Waals surface area contributed by atoms with Crippen LogP contribution >= 0.6 is 27.5 Å². The lowest BCUT2D eigenvalue weighted by Gasteiger charge is -2.13. The van der Waals surface area contributed by atoms with Gasteiger partial charge in [0.1, 0.15) is 0 Å². The van der Waals surface area contributed by atoms with Crippen LogP contribution in [0.25, 0.3) is 0 Å². The highest BCUT2D eigenvalue weighted by Gasteiger charge is 2.22. The molecule has 0 bridgehead atoms. The number of alkyl halides is 2. The quantitative estimate of drug-likeness (QED) is 0.568. The molecule has 0 heterocycles. The van der Waals surface area contributed by atoms with Crippen LogP contribution in [0.5, 0.6) is 0 Å². The number of esters is 2. The van der Waals surface area contributed by atoms with E-state index in [0.29, 0.717) is 0 Å². The Morgan fingerprint density at radius 2 is 1.64 bits per heavy atom. The van der Waals surface area contributed by atoms with Gasteiger partial charge in [0, 0.05) is 4.83 Å². The molecule has 0 radical (unpaired) electrons. The minimum Gasteiger partial charge on any atom is -0.469 e. The zero-order chi connectivity index (χ0) is 11.1. The SMILES string of the molecule is COC(=O)C[C@@H](Cl)[C@@H](Br)CC(=O)OC. The monoisotopic (exact) mass is 286 g/mol. The van der Waals surface area contributed by atoms with Crippen LogP contribution in [0.15, 0.2) is 0 Å². The maximum Gasteiger partial charge on any atom is 0.307 e. The van der Waals surface area contributed by atoms with Gasteiger partial charge < -0.3 is 9.47 Å². The first kappa shape index (κ1) is 13.7. The third-order valence-corrected chi connectivity index (χ3v) is 3.30. The first-order valence-electron chi connectivity index (χ1n) is 3.93. The minimum absolute atomic E-state index is 0.0605. The molecule has 0 aliphatic rings. The van der Waals surface area contributed by atoms with E-state index in [0.717, 1.165) is 0 Å². The van der Waals surface area contributed by atoms with Gasteiger partial charge in [-0.3, -0.25) is 9.59 Å². The second kappa shape index (κ2) is 7.06. The molecule has 0 spiro atoms. The van der Waals surface area contributed by atoms with E-state index in [1.54, 1.807) is 0 Å². The number of rotatable bonds is 5. The summed E-state index contributed by atoms with van der Waals surface area (Å²) in [6.45, 7) is 0. The van der Waals surface area contributed by atoms with Crippen LogP contribution < -0.4 is 0 Å². The van der Waals surface area contributed by atoms with Gasteiger partial charge in [-0.2, -0.15) is 0 Å². The lowest BCUT2D eigenvalue weighted by atomic mass is 10.2. The van der Waals surface area contributed by atoms with E-state index in [9.17, 15) is 9.59 Å². The zero-order valence-electron chi connectivity index (χ0n) is 7.96. The number of carbonyl (C=O) groups excluding carboxylic acids is 2. The standard InChI is InChI=1S/C8H12BrClO4/c1-13-7(11)3-5(9)6(10)4-8(12)14-2/h5-6H,3-4H2,1-2H3/t5-,6+/m0/s1. The molecular weight excluding hydrogens is 275 g/mol. The first-order chi connectivity index (χ1) is 6.51. The van der Waals surface area contributed by atoms with E-state index in [-0.39, 0.29) is 23.6 Å². The molecule has 82 valence electrons. The second-order valence-electron chi connectivity index (χ2n) is 2.59. The van der Waals surface area contributed by atoms with Gasteiger partial charge in [-0.1, -0.05) is 15.9 Å². The highest BCUT2D eigenvalue weighted by molar-refractivity contribution is 9.09. The largest absolute Gasteiger partial charge is 0.469 e. The summed E-state index contributed by atoms with van der Waals surface area (Å²) in [7, 11) is 2.58. The number of ether oxygens (including phenoxy) is 2. The van der Waals surface area contributed by atoms with Crippen molar-refractivity contribution in [3.63, 3.8) is 0 Å². The van der Waals surface area contributed by atoms with Crippen LogP contribution in [0.4, 0.5) is 0 Å². The Labute approximate surface area is 96.0 Å². The van der Waals surface area contributed by atoms with Crippen LogP contribution in [0, 0.1) is 0 Å². The lowest BCUT2D eigenvalue weighted by molar-refractivity contribution is -0.142. The maximum absolute atomic E-state index is 10.9. The topological polar surface area (TPSA) is 52.6 Å². The van der Waals surface area contributed by atoms with Crippen molar-refractivity contribution in [2.24, 2.45) is 0 Å². The Kier molecular flexibility index (Phi) is 6.92. The molecule has 0 unspecified atom stereocenters. The lowest BCUT2D eigenvalue weighted by Crippen LogP contribution is -2.22. The van der Waals surface area contributed by atoms with E-state index in [1.165, 1.54) is 14.2 Å². The van der Waals surface area contributed by atoms with Gasteiger partial charge in [-0.15, -0.1) is 11.6 Å². The second-order valence-corrected chi connectivity index (χ2v) is 4.33. The van der Waals surface area contributed by atoms with Crippen molar-refractivity contribution in [3.8, 4) is 0 Å². The van der Waals surface area contributed by atoms with Crippen molar-refractivity contribution in [2.45, 2.75) is 23.0 Å². The molecular formula is C8H12BrClO4. The molecule has 0 saturated heterocycles. The van der Waals surface area contributed by atoms with E-state index >= 15 is 0 Å². The van der Waals surface area contributed by atoms with E-state index in [2.05, 4.69) is 25.4 Å². The number of hydrogen-bond donors (Lipinski definition) is 0. The average Bonchev–Trinajstić information content (AvgIpc) is 2.17. The molecule has 14 heavy (non-hydrogen) atoms. The Bertz CT molecular complexity index is 188. The molecule has 0 aromatic heterocycles. The third-order valence-electron chi connectivity index (χ3n) is 1.57. The van der Waals surface area contributed by atoms with Gasteiger partial charge in [-0.25, -0.2) is 0 Å². The normalized spacial score (nSPS) is 14.3. The molecule has 4 nitrogen and oxygen atoms in total. The number of methoxy groups -OCH3 is 2. The summed E-state index contributed by atoms with van der Waals surface area (Å²) in [6, 6.07) is 0. The van der Waals surface area contributed by atoms with Gasteiger partial charge in [0.05, 0.1) is 32.4 Å². The predicted molar refractivity (Wildman–Crippen MR) is 55.6 cm³/mol. The Hall–Kier alpha value is -0.290. The van der Waals surface area contributed by atoms with Crippen LogP contribution in [0.2, 0.25) is 0 Å². The molecule has 0 rings (SSSR count). The van der Waals surface area contributed by atoms with Gasteiger partial charge in [0.15, 0.2) is 0 Å². The van der Waals surface area contributed by atoms with Gasteiger partial charge in [0.25, 0.3) is 0 Å². The van der Waals surface area contributed by atoms with Crippen LogP contribution in [0.3, 0.4) is 0 Å². The fourth-order valence-corrected chi connectivity index (χ4v) is 1.41. The molecule has 0 aliphatic carbocycles. The van der Waals surface area contributed by atoms with Crippen molar-refractivity contribution in [1.82, 2.24) is 0 Å². The summed E-state index contributed by atoms with van der Waals surface area (Å²) in [5.41, 5.74) is 0.